The first kappa shape index (κ1) is 34.5. The normalized spacial score (nSPS) is 19.6. The Morgan fingerprint density at radius 2 is 1.87 bits per heavy atom. The lowest BCUT2D eigenvalue weighted by Crippen LogP contribution is -2.22. The van der Waals surface area contributed by atoms with Crippen LogP contribution in [0.3, 0.4) is 0 Å². The van der Waals surface area contributed by atoms with E-state index in [9.17, 15) is 14.7 Å². The molecule has 244 valence electrons. The van der Waals surface area contributed by atoms with Gasteiger partial charge in [-0.1, -0.05) is 65.3 Å². The third-order valence-corrected chi connectivity index (χ3v) is 9.92. The molecule has 4 rings (SSSR count). The van der Waals surface area contributed by atoms with Gasteiger partial charge in [0.2, 0.25) is 0 Å². The van der Waals surface area contributed by atoms with E-state index in [1.807, 2.05) is 49.5 Å². The smallest absolute Gasteiger partial charge is 0.307 e. The minimum Gasteiger partial charge on any atom is -0.490 e. The Morgan fingerprint density at radius 1 is 1.13 bits per heavy atom. The van der Waals surface area contributed by atoms with Gasteiger partial charge in [0.05, 0.1) is 12.5 Å². The zero-order valence-electron chi connectivity index (χ0n) is 28.1. The molecule has 45 heavy (non-hydrogen) atoms. The number of carboxylic acids is 1. The summed E-state index contributed by atoms with van der Waals surface area (Å²) in [5, 5.41) is 9.49. The number of carbonyl (C=O) groups excluding carboxylic acids is 1. The third-order valence-electron chi connectivity index (χ3n) is 9.92. The molecule has 0 aliphatic heterocycles. The zero-order chi connectivity index (χ0) is 32.9. The molecule has 2 aromatic rings. The number of hydrogen-bond acceptors (Lipinski definition) is 4. The number of carboxylic acid groups (broad SMARTS) is 1. The third kappa shape index (κ3) is 8.86. The average Bonchev–Trinajstić information content (AvgIpc) is 3.38. The number of hydrogen-bond donors (Lipinski definition) is 1. The van der Waals surface area contributed by atoms with Gasteiger partial charge in [-0.05, 0) is 96.2 Å². The van der Waals surface area contributed by atoms with E-state index >= 15 is 4.39 Å². The Bertz CT molecular complexity index is 1420. The van der Waals surface area contributed by atoms with E-state index in [-0.39, 0.29) is 35.6 Å². The van der Waals surface area contributed by atoms with Crippen molar-refractivity contribution in [2.45, 2.75) is 104 Å². The van der Waals surface area contributed by atoms with Crippen LogP contribution in [-0.2, 0) is 9.59 Å². The molecule has 2 aromatic carbocycles. The maximum Gasteiger partial charge on any atom is 0.307 e. The van der Waals surface area contributed by atoms with Crippen LogP contribution in [0.4, 0.5) is 4.39 Å². The molecule has 0 unspecified atom stereocenters. The van der Waals surface area contributed by atoms with Crippen LogP contribution in [0.5, 0.6) is 5.75 Å². The van der Waals surface area contributed by atoms with Crippen molar-refractivity contribution in [2.24, 2.45) is 17.3 Å². The average molecular weight is 618 g/mol. The van der Waals surface area contributed by atoms with Crippen molar-refractivity contribution in [1.82, 2.24) is 4.90 Å². The van der Waals surface area contributed by atoms with Crippen LogP contribution in [0, 0.1) is 23.1 Å². The highest BCUT2D eigenvalue weighted by Gasteiger charge is 2.32. The molecule has 3 atom stereocenters. The number of benzene rings is 2. The fourth-order valence-electron chi connectivity index (χ4n) is 6.87. The molecule has 0 heterocycles. The molecule has 0 amide bonds. The first-order valence-corrected chi connectivity index (χ1v) is 16.7. The van der Waals surface area contributed by atoms with Gasteiger partial charge in [-0.2, -0.15) is 0 Å². The first-order chi connectivity index (χ1) is 21.3. The van der Waals surface area contributed by atoms with Gasteiger partial charge in [0.15, 0.2) is 0 Å². The zero-order valence-corrected chi connectivity index (χ0v) is 28.1. The van der Waals surface area contributed by atoms with E-state index < -0.39 is 5.97 Å². The minimum absolute atomic E-state index is 0.0331. The summed E-state index contributed by atoms with van der Waals surface area (Å²) in [5.74, 6) is 0.404. The maximum atomic E-state index is 15.4. The van der Waals surface area contributed by atoms with Crippen LogP contribution in [-0.4, -0.2) is 42.0 Å². The summed E-state index contributed by atoms with van der Waals surface area (Å²) in [4.78, 5) is 26.6. The van der Waals surface area contributed by atoms with E-state index in [0.717, 1.165) is 79.2 Å². The van der Waals surface area contributed by atoms with E-state index in [4.69, 9.17) is 4.74 Å². The Kier molecular flexibility index (Phi) is 11.3. The lowest BCUT2D eigenvalue weighted by Gasteiger charge is -2.29. The molecule has 0 spiro atoms. The van der Waals surface area contributed by atoms with E-state index in [0.29, 0.717) is 29.4 Å². The largest absolute Gasteiger partial charge is 0.490 e. The monoisotopic (exact) mass is 617 g/mol. The Balaban J connectivity index is 1.64. The van der Waals surface area contributed by atoms with Gasteiger partial charge in [0.25, 0.3) is 0 Å². The van der Waals surface area contributed by atoms with Gasteiger partial charge >= 0.3 is 5.97 Å². The van der Waals surface area contributed by atoms with Crippen molar-refractivity contribution in [3.05, 3.63) is 71.7 Å². The number of halogens is 1. The first-order valence-electron chi connectivity index (χ1n) is 16.7. The molecule has 0 aromatic heterocycles. The second kappa shape index (κ2) is 14.8. The van der Waals surface area contributed by atoms with Crippen molar-refractivity contribution in [2.75, 3.05) is 14.1 Å². The lowest BCUT2D eigenvalue weighted by molar-refractivity contribution is -0.136. The van der Waals surface area contributed by atoms with Gasteiger partial charge in [-0.15, -0.1) is 0 Å². The number of ether oxygens (including phenoxy) is 1. The van der Waals surface area contributed by atoms with Gasteiger partial charge in [-0.25, -0.2) is 4.39 Å². The standard InChI is InChI=1S/C39H52FNO4/c1-8-39(4,5)23-26(3)35(42)21-27-15-17-30(20-27)45-36-18-16-29(33(24-41(6)7)25(2)19-37(43)44)22-32(36)31-13-10-14-34(40)38(31)28-11-9-12-28/h10,13-14,16,18,22,24,26-28,30H,2,8-9,11-12,15,17,19-21,23H2,1,3-7H3,(H,43,44)/b33-24+/t26-,27+,30+/m0/s1. The van der Waals surface area contributed by atoms with Crippen LogP contribution in [0.2, 0.25) is 0 Å². The second-order valence-electron chi connectivity index (χ2n) is 14.4. The number of ketones is 1. The van der Waals surface area contributed by atoms with Crippen LogP contribution in [0.25, 0.3) is 16.7 Å². The van der Waals surface area contributed by atoms with Crippen molar-refractivity contribution in [1.29, 1.82) is 0 Å². The number of aliphatic carboxylic acids is 1. The van der Waals surface area contributed by atoms with E-state index in [2.05, 4.69) is 34.3 Å². The van der Waals surface area contributed by atoms with Crippen LogP contribution in [0.1, 0.15) is 109 Å². The van der Waals surface area contributed by atoms with E-state index in [1.165, 1.54) is 6.07 Å². The van der Waals surface area contributed by atoms with E-state index in [1.54, 1.807) is 6.07 Å². The van der Waals surface area contributed by atoms with Gasteiger partial charge in [0.1, 0.15) is 17.3 Å². The summed E-state index contributed by atoms with van der Waals surface area (Å²) < 4.78 is 22.2. The quantitative estimate of drug-likeness (QED) is 0.202. The maximum absolute atomic E-state index is 15.4. The SMILES string of the molecule is C=C(CC(=O)O)/C(=C\N(C)C)c1ccc(O[C@@H]2CC[C@@H](CC(=O)[C@@H](C)CC(C)(C)CC)C2)c(-c2cccc(F)c2C2CCC2)c1. The van der Waals surface area contributed by atoms with Crippen LogP contribution >= 0.6 is 0 Å². The van der Waals surface area contributed by atoms with Crippen LogP contribution < -0.4 is 4.74 Å². The Labute approximate surface area is 269 Å². The number of carbonyl (C=O) groups is 2. The van der Waals surface area contributed by atoms with Gasteiger partial charge < -0.3 is 14.7 Å². The summed E-state index contributed by atoms with van der Waals surface area (Å²) in [7, 11) is 3.78. The summed E-state index contributed by atoms with van der Waals surface area (Å²) in [6, 6.07) is 11.1. The molecule has 2 aliphatic rings. The molecule has 1 N–H and O–H groups in total. The summed E-state index contributed by atoms with van der Waals surface area (Å²) in [6.07, 6.45) is 9.85. The molecule has 2 aliphatic carbocycles. The molecule has 0 saturated heterocycles. The van der Waals surface area contributed by atoms with Crippen molar-refractivity contribution < 1.29 is 23.8 Å². The molecule has 6 heteroatoms. The highest BCUT2D eigenvalue weighted by molar-refractivity contribution is 5.87. The predicted molar refractivity (Wildman–Crippen MR) is 181 cm³/mol. The van der Waals surface area contributed by atoms with Crippen molar-refractivity contribution in [3.63, 3.8) is 0 Å². The Morgan fingerprint density at radius 3 is 2.49 bits per heavy atom. The summed E-state index contributed by atoms with van der Waals surface area (Å²) >= 11 is 0. The number of rotatable bonds is 15. The Hall–Kier alpha value is -3.41. The highest BCUT2D eigenvalue weighted by Crippen LogP contribution is 2.46. The molecular weight excluding hydrogens is 565 g/mol. The summed E-state index contributed by atoms with van der Waals surface area (Å²) in [6.45, 7) is 12.8. The fraction of sp³-hybridized carbons (Fsp3) is 0.538. The van der Waals surface area contributed by atoms with Crippen LogP contribution in [0.15, 0.2) is 54.8 Å². The summed E-state index contributed by atoms with van der Waals surface area (Å²) in [5.41, 5.74) is 4.53. The second-order valence-corrected chi connectivity index (χ2v) is 14.4. The number of allylic oxidation sites excluding steroid dienone is 1. The van der Waals surface area contributed by atoms with Gasteiger partial charge in [0, 0.05) is 43.8 Å². The van der Waals surface area contributed by atoms with Crippen molar-refractivity contribution >= 4 is 17.3 Å². The minimum atomic E-state index is -0.944. The molecule has 2 saturated carbocycles. The topological polar surface area (TPSA) is 66.8 Å². The van der Waals surface area contributed by atoms with Crippen molar-refractivity contribution in [3.8, 4) is 16.9 Å². The van der Waals surface area contributed by atoms with Gasteiger partial charge in [-0.3, -0.25) is 9.59 Å². The molecule has 2 fully saturated rings. The lowest BCUT2D eigenvalue weighted by atomic mass is 9.76. The highest BCUT2D eigenvalue weighted by atomic mass is 19.1. The predicted octanol–water partition coefficient (Wildman–Crippen LogP) is 9.66. The molecule has 5 nitrogen and oxygen atoms in total. The number of nitrogens with zero attached hydrogens (tertiary/aromatic N) is 1. The molecule has 0 bridgehead atoms. The molecular formula is C39H52FNO4. The molecule has 0 radical (unpaired) electrons. The number of Topliss-reactive ketones (excluding diaryl/α,β-unsaturated/α-hetero) is 1. The fourth-order valence-corrected chi connectivity index (χ4v) is 6.87.